The second-order valence-electron chi connectivity index (χ2n) is 5.73. The van der Waals surface area contributed by atoms with Crippen molar-refractivity contribution >= 4 is 0 Å². The van der Waals surface area contributed by atoms with E-state index in [2.05, 4.69) is 34.2 Å². The molecule has 1 N–H and O–H groups in total. The predicted octanol–water partition coefficient (Wildman–Crippen LogP) is 1.13. The van der Waals surface area contributed by atoms with Gasteiger partial charge in [-0.15, -0.1) is 0 Å². The summed E-state index contributed by atoms with van der Waals surface area (Å²) in [5.74, 6) is 2.22. The summed E-state index contributed by atoms with van der Waals surface area (Å²) < 4.78 is 5.29. The van der Waals surface area contributed by atoms with Crippen LogP contribution in [0.25, 0.3) is 0 Å². The van der Waals surface area contributed by atoms with Crippen LogP contribution < -0.4 is 5.32 Å². The standard InChI is InChI=1S/C12H20N4O/c1-12(2)8-13-5-6-16(12)7-10-14-11(17-15-10)9-3-4-9/h9,13H,3-8H2,1-2H3. The highest BCUT2D eigenvalue weighted by molar-refractivity contribution is 5.02. The Morgan fingerprint density at radius 1 is 1.47 bits per heavy atom. The molecule has 94 valence electrons. The van der Waals surface area contributed by atoms with Crippen molar-refractivity contribution in [3.8, 4) is 0 Å². The van der Waals surface area contributed by atoms with Gasteiger partial charge < -0.3 is 9.84 Å². The molecule has 5 heteroatoms. The minimum Gasteiger partial charge on any atom is -0.339 e. The first kappa shape index (κ1) is 11.2. The summed E-state index contributed by atoms with van der Waals surface area (Å²) in [5, 5.41) is 7.51. The Bertz CT molecular complexity index is 397. The van der Waals surface area contributed by atoms with Crippen molar-refractivity contribution in [2.24, 2.45) is 0 Å². The van der Waals surface area contributed by atoms with Crippen molar-refractivity contribution in [3.63, 3.8) is 0 Å². The number of rotatable bonds is 3. The minimum atomic E-state index is 0.165. The van der Waals surface area contributed by atoms with Crippen LogP contribution in [0.15, 0.2) is 4.52 Å². The zero-order valence-electron chi connectivity index (χ0n) is 10.6. The third kappa shape index (κ3) is 2.35. The van der Waals surface area contributed by atoms with Gasteiger partial charge >= 0.3 is 0 Å². The molecular weight excluding hydrogens is 216 g/mol. The highest BCUT2D eigenvalue weighted by atomic mass is 16.5. The minimum absolute atomic E-state index is 0.165. The number of hydrogen-bond donors (Lipinski definition) is 1. The number of aromatic nitrogens is 2. The van der Waals surface area contributed by atoms with Crippen molar-refractivity contribution < 1.29 is 4.52 Å². The Morgan fingerprint density at radius 3 is 3.00 bits per heavy atom. The Labute approximate surface area is 102 Å². The molecule has 3 rings (SSSR count). The molecule has 2 fully saturated rings. The lowest BCUT2D eigenvalue weighted by Gasteiger charge is -2.42. The molecule has 1 aromatic rings. The largest absolute Gasteiger partial charge is 0.339 e. The van der Waals surface area contributed by atoms with Crippen LogP contribution in [0.3, 0.4) is 0 Å². The van der Waals surface area contributed by atoms with Crippen LogP contribution in [-0.2, 0) is 6.54 Å². The van der Waals surface area contributed by atoms with E-state index in [0.717, 1.165) is 37.9 Å². The van der Waals surface area contributed by atoms with Crippen molar-refractivity contribution in [2.45, 2.75) is 44.7 Å². The third-order valence-electron chi connectivity index (χ3n) is 3.71. The molecule has 1 aliphatic heterocycles. The van der Waals surface area contributed by atoms with E-state index in [1.165, 1.54) is 12.8 Å². The summed E-state index contributed by atoms with van der Waals surface area (Å²) in [7, 11) is 0. The van der Waals surface area contributed by atoms with Gasteiger partial charge in [0.25, 0.3) is 0 Å². The molecule has 0 spiro atoms. The molecule has 17 heavy (non-hydrogen) atoms. The van der Waals surface area contributed by atoms with E-state index in [4.69, 9.17) is 4.52 Å². The molecule has 1 saturated carbocycles. The average Bonchev–Trinajstić information content (AvgIpc) is 3.03. The molecule has 5 nitrogen and oxygen atoms in total. The van der Waals surface area contributed by atoms with Gasteiger partial charge in [0.15, 0.2) is 5.82 Å². The quantitative estimate of drug-likeness (QED) is 0.852. The summed E-state index contributed by atoms with van der Waals surface area (Å²) in [4.78, 5) is 6.91. The fraction of sp³-hybridized carbons (Fsp3) is 0.833. The van der Waals surface area contributed by atoms with Crippen molar-refractivity contribution in [1.82, 2.24) is 20.4 Å². The smallest absolute Gasteiger partial charge is 0.229 e. The molecule has 0 bridgehead atoms. The molecule has 0 radical (unpaired) electrons. The third-order valence-corrected chi connectivity index (χ3v) is 3.71. The van der Waals surface area contributed by atoms with E-state index in [0.29, 0.717) is 5.92 Å². The fourth-order valence-corrected chi connectivity index (χ4v) is 2.31. The molecule has 2 heterocycles. The number of hydrogen-bond acceptors (Lipinski definition) is 5. The summed E-state index contributed by atoms with van der Waals surface area (Å²) >= 11 is 0. The Kier molecular flexibility index (Phi) is 2.67. The van der Waals surface area contributed by atoms with Crippen LogP contribution in [-0.4, -0.2) is 40.2 Å². The van der Waals surface area contributed by atoms with Crippen LogP contribution in [0.5, 0.6) is 0 Å². The number of piperazine rings is 1. The first-order chi connectivity index (χ1) is 8.15. The van der Waals surface area contributed by atoms with Crippen LogP contribution in [0.1, 0.15) is 44.3 Å². The lowest BCUT2D eigenvalue weighted by Crippen LogP contribution is -2.57. The fourth-order valence-electron chi connectivity index (χ4n) is 2.31. The number of nitrogens with zero attached hydrogens (tertiary/aromatic N) is 3. The lowest BCUT2D eigenvalue weighted by atomic mass is 10.0. The zero-order chi connectivity index (χ0) is 11.9. The normalized spacial score (nSPS) is 25.1. The zero-order valence-corrected chi connectivity index (χ0v) is 10.6. The first-order valence-corrected chi connectivity index (χ1v) is 6.43. The molecule has 0 unspecified atom stereocenters. The van der Waals surface area contributed by atoms with Gasteiger partial charge in [0.1, 0.15) is 0 Å². The van der Waals surface area contributed by atoms with Gasteiger partial charge in [0.05, 0.1) is 6.54 Å². The Hall–Kier alpha value is -0.940. The summed E-state index contributed by atoms with van der Waals surface area (Å²) in [6.45, 7) is 8.39. The summed E-state index contributed by atoms with van der Waals surface area (Å²) in [5.41, 5.74) is 0.165. The maximum absolute atomic E-state index is 5.29. The highest BCUT2D eigenvalue weighted by Gasteiger charge is 2.32. The van der Waals surface area contributed by atoms with E-state index in [9.17, 15) is 0 Å². The SMILES string of the molecule is CC1(C)CNCCN1Cc1noc(C2CC2)n1. The van der Waals surface area contributed by atoms with Gasteiger partial charge in [-0.3, -0.25) is 4.90 Å². The second-order valence-corrected chi connectivity index (χ2v) is 5.73. The van der Waals surface area contributed by atoms with Gasteiger partial charge in [0, 0.05) is 31.1 Å². The average molecular weight is 236 g/mol. The Balaban J connectivity index is 1.67. The van der Waals surface area contributed by atoms with Gasteiger partial charge in [0.2, 0.25) is 5.89 Å². The Morgan fingerprint density at radius 2 is 2.29 bits per heavy atom. The van der Waals surface area contributed by atoms with Gasteiger partial charge in [-0.2, -0.15) is 4.98 Å². The van der Waals surface area contributed by atoms with E-state index in [1.807, 2.05) is 0 Å². The topological polar surface area (TPSA) is 54.2 Å². The van der Waals surface area contributed by atoms with Crippen LogP contribution in [0.2, 0.25) is 0 Å². The first-order valence-electron chi connectivity index (χ1n) is 6.43. The van der Waals surface area contributed by atoms with E-state index in [-0.39, 0.29) is 5.54 Å². The monoisotopic (exact) mass is 236 g/mol. The maximum Gasteiger partial charge on any atom is 0.229 e. The molecule has 0 aromatic carbocycles. The molecule has 1 saturated heterocycles. The van der Waals surface area contributed by atoms with E-state index in [1.54, 1.807) is 0 Å². The molecular formula is C12H20N4O. The second kappa shape index (κ2) is 4.07. The molecule has 1 aliphatic carbocycles. The van der Waals surface area contributed by atoms with Crippen molar-refractivity contribution in [1.29, 1.82) is 0 Å². The van der Waals surface area contributed by atoms with Crippen molar-refractivity contribution in [3.05, 3.63) is 11.7 Å². The molecule has 2 aliphatic rings. The summed E-state index contributed by atoms with van der Waals surface area (Å²) in [6.07, 6.45) is 2.42. The van der Waals surface area contributed by atoms with Crippen LogP contribution >= 0.6 is 0 Å². The van der Waals surface area contributed by atoms with Gasteiger partial charge in [-0.1, -0.05) is 5.16 Å². The van der Waals surface area contributed by atoms with Crippen LogP contribution in [0.4, 0.5) is 0 Å². The lowest BCUT2D eigenvalue weighted by molar-refractivity contribution is 0.0791. The number of nitrogens with one attached hydrogen (secondary N) is 1. The molecule has 0 amide bonds. The maximum atomic E-state index is 5.29. The van der Waals surface area contributed by atoms with E-state index < -0.39 is 0 Å². The van der Waals surface area contributed by atoms with Crippen LogP contribution in [0, 0.1) is 0 Å². The van der Waals surface area contributed by atoms with E-state index >= 15 is 0 Å². The summed E-state index contributed by atoms with van der Waals surface area (Å²) in [6, 6.07) is 0. The van der Waals surface area contributed by atoms with Gasteiger partial charge in [-0.05, 0) is 26.7 Å². The predicted molar refractivity (Wildman–Crippen MR) is 63.6 cm³/mol. The van der Waals surface area contributed by atoms with Gasteiger partial charge in [-0.25, -0.2) is 0 Å². The highest BCUT2D eigenvalue weighted by Crippen LogP contribution is 2.38. The molecule has 1 aromatic heterocycles. The van der Waals surface area contributed by atoms with Crippen molar-refractivity contribution in [2.75, 3.05) is 19.6 Å². The molecule has 0 atom stereocenters.